The molecule has 0 saturated carbocycles. The Morgan fingerprint density at radius 2 is 1.43 bits per heavy atom. The average molecular weight is 563 g/mol. The Bertz CT molecular complexity index is 1000. The molecule has 4 rings (SSSR count). The second-order valence-electron chi connectivity index (χ2n) is 7.11. The number of ether oxygens (including phenoxy) is 4. The summed E-state index contributed by atoms with van der Waals surface area (Å²) in [4.78, 5) is 39.5. The molecule has 2 saturated heterocycles. The molecule has 0 bridgehead atoms. The molecule has 2 aliphatic heterocycles. The fourth-order valence-electron chi connectivity index (χ4n) is 2.94. The molecule has 12 nitrogen and oxygen atoms in total. The molecule has 2 aliphatic rings. The van der Waals surface area contributed by atoms with Crippen LogP contribution in [0.25, 0.3) is 0 Å². The van der Waals surface area contributed by atoms with E-state index in [0.717, 1.165) is 32.5 Å². The van der Waals surface area contributed by atoms with Crippen molar-refractivity contribution >= 4 is 40.8 Å². The number of anilines is 1. The number of hydrogen-bond acceptors (Lipinski definition) is 12. The maximum atomic E-state index is 12.9. The molecule has 0 aromatic carbocycles. The van der Waals surface area contributed by atoms with Gasteiger partial charge in [0.1, 0.15) is 0 Å². The summed E-state index contributed by atoms with van der Waals surface area (Å²) < 4.78 is 32.6. The molecule has 0 radical (unpaired) electrons. The lowest BCUT2D eigenvalue weighted by Crippen LogP contribution is -2.37. The first-order valence-corrected chi connectivity index (χ1v) is 12.3. The highest BCUT2D eigenvalue weighted by Gasteiger charge is 2.22. The number of carbonyl (C=O) groups is 2. The number of rotatable bonds is 5. The van der Waals surface area contributed by atoms with Crippen LogP contribution in [-0.2, 0) is 18.9 Å². The lowest BCUT2D eigenvalue weighted by Gasteiger charge is -2.29. The lowest BCUT2D eigenvalue weighted by molar-refractivity contribution is 0.0506. The van der Waals surface area contributed by atoms with Crippen LogP contribution in [0.5, 0.6) is 0 Å². The Kier molecular flexibility index (Phi) is 14.0. The molecular weight excluding hydrogens is 534 g/mol. The standard InChI is InChI=1S/C11H14ClN3O3.C7H6ClFN2O2.C4H9NO/c1-2-18-10(16)9-8(7-13-11(12)14-9)15-3-5-17-6-4-15;1-2-13-6(12)5-4(9)3-10-7(8)11-5;1-3-6-4-2-5-1/h7H,2-6H2,1H3;3H,2H2,1H3;5H,1-4H2. The SMILES string of the molecule is C1COCCN1.CCOC(=O)c1nc(Cl)ncc1F.CCOC(=O)c1nc(Cl)ncc1N1CCOCC1. The van der Waals surface area contributed by atoms with Crippen LogP contribution >= 0.6 is 23.2 Å². The van der Waals surface area contributed by atoms with Crippen LogP contribution < -0.4 is 10.2 Å². The minimum Gasteiger partial charge on any atom is -0.461 e. The van der Waals surface area contributed by atoms with E-state index in [-0.39, 0.29) is 22.9 Å². The summed E-state index contributed by atoms with van der Waals surface area (Å²) in [6.45, 7) is 10.3. The van der Waals surface area contributed by atoms with Crippen molar-refractivity contribution in [2.24, 2.45) is 0 Å². The Balaban J connectivity index is 0.000000220. The summed E-state index contributed by atoms with van der Waals surface area (Å²) in [5, 5.41) is 3.01. The van der Waals surface area contributed by atoms with Crippen LogP contribution in [0.2, 0.25) is 10.6 Å². The molecule has 1 N–H and O–H groups in total. The van der Waals surface area contributed by atoms with Crippen LogP contribution in [0.15, 0.2) is 12.4 Å². The van der Waals surface area contributed by atoms with E-state index in [4.69, 9.17) is 37.4 Å². The quantitative estimate of drug-likeness (QED) is 0.422. The second kappa shape index (κ2) is 16.9. The largest absolute Gasteiger partial charge is 0.461 e. The Morgan fingerprint density at radius 3 is 1.95 bits per heavy atom. The number of carbonyl (C=O) groups excluding carboxylic acids is 2. The maximum absolute atomic E-state index is 12.9. The molecule has 15 heteroatoms. The first-order valence-electron chi connectivity index (χ1n) is 11.5. The molecule has 0 atom stereocenters. The minimum absolute atomic E-state index is 0.0371. The van der Waals surface area contributed by atoms with Gasteiger partial charge in [-0.25, -0.2) is 33.9 Å². The number of nitrogens with zero attached hydrogens (tertiary/aromatic N) is 5. The third-order valence-electron chi connectivity index (χ3n) is 4.59. The number of nitrogens with one attached hydrogen (secondary N) is 1. The summed E-state index contributed by atoms with van der Waals surface area (Å²) in [5.41, 5.74) is 0.404. The van der Waals surface area contributed by atoms with E-state index in [0.29, 0.717) is 38.6 Å². The van der Waals surface area contributed by atoms with E-state index in [1.165, 1.54) is 0 Å². The van der Waals surface area contributed by atoms with Crippen molar-refractivity contribution in [2.75, 3.05) is 70.7 Å². The topological polar surface area (TPSA) is 138 Å². The molecule has 0 spiro atoms. The zero-order valence-corrected chi connectivity index (χ0v) is 22.1. The minimum atomic E-state index is -0.845. The first kappa shape index (κ1) is 30.5. The van der Waals surface area contributed by atoms with Crippen LogP contribution in [0.4, 0.5) is 10.1 Å². The molecule has 4 heterocycles. The fraction of sp³-hybridized carbons (Fsp3) is 0.545. The van der Waals surface area contributed by atoms with Crippen LogP contribution in [0, 0.1) is 5.82 Å². The van der Waals surface area contributed by atoms with Gasteiger partial charge in [-0.05, 0) is 37.0 Å². The van der Waals surface area contributed by atoms with E-state index in [9.17, 15) is 14.0 Å². The predicted molar refractivity (Wildman–Crippen MR) is 133 cm³/mol. The lowest BCUT2D eigenvalue weighted by atomic mass is 10.3. The monoisotopic (exact) mass is 562 g/mol. The molecule has 204 valence electrons. The molecule has 37 heavy (non-hydrogen) atoms. The van der Waals surface area contributed by atoms with E-state index < -0.39 is 23.4 Å². The summed E-state index contributed by atoms with van der Waals surface area (Å²) in [6.07, 6.45) is 2.37. The van der Waals surface area contributed by atoms with Gasteiger partial charge in [-0.1, -0.05) is 0 Å². The van der Waals surface area contributed by atoms with Gasteiger partial charge in [-0.3, -0.25) is 0 Å². The van der Waals surface area contributed by atoms with Crippen molar-refractivity contribution in [1.29, 1.82) is 0 Å². The number of halogens is 3. The molecule has 2 aromatic heterocycles. The normalized spacial score (nSPS) is 14.9. The van der Waals surface area contributed by atoms with Gasteiger partial charge in [0.25, 0.3) is 0 Å². The molecule has 0 aliphatic carbocycles. The van der Waals surface area contributed by atoms with Crippen molar-refractivity contribution in [3.8, 4) is 0 Å². The van der Waals surface area contributed by atoms with Gasteiger partial charge in [0.15, 0.2) is 17.2 Å². The fourth-order valence-corrected chi connectivity index (χ4v) is 3.21. The average Bonchev–Trinajstić information content (AvgIpc) is 2.92. The highest BCUT2D eigenvalue weighted by Crippen LogP contribution is 2.21. The first-order chi connectivity index (χ1) is 17.9. The van der Waals surface area contributed by atoms with E-state index in [1.807, 2.05) is 4.90 Å². The van der Waals surface area contributed by atoms with Gasteiger partial charge in [0.05, 0.1) is 57.7 Å². The Labute approximate surface area is 223 Å². The van der Waals surface area contributed by atoms with Crippen molar-refractivity contribution in [3.05, 3.63) is 40.2 Å². The number of aromatic nitrogens is 4. The molecule has 2 fully saturated rings. The van der Waals surface area contributed by atoms with Gasteiger partial charge in [-0.15, -0.1) is 0 Å². The van der Waals surface area contributed by atoms with Crippen molar-refractivity contribution in [1.82, 2.24) is 25.3 Å². The van der Waals surface area contributed by atoms with Crippen LogP contribution in [0.1, 0.15) is 34.8 Å². The zero-order valence-electron chi connectivity index (χ0n) is 20.5. The van der Waals surface area contributed by atoms with Crippen LogP contribution in [0.3, 0.4) is 0 Å². The van der Waals surface area contributed by atoms with E-state index in [2.05, 4.69) is 30.0 Å². The third-order valence-corrected chi connectivity index (χ3v) is 4.95. The zero-order chi connectivity index (χ0) is 27.0. The molecule has 2 aromatic rings. The van der Waals surface area contributed by atoms with Gasteiger partial charge in [0, 0.05) is 26.2 Å². The summed E-state index contributed by atoms with van der Waals surface area (Å²) in [5.74, 6) is -2.17. The highest BCUT2D eigenvalue weighted by atomic mass is 35.5. The second-order valence-corrected chi connectivity index (χ2v) is 7.79. The summed E-state index contributed by atoms with van der Waals surface area (Å²) >= 11 is 11.1. The Hall–Kier alpha value is -2.71. The van der Waals surface area contributed by atoms with Crippen LogP contribution in [-0.4, -0.2) is 97.7 Å². The number of hydrogen-bond donors (Lipinski definition) is 1. The van der Waals surface area contributed by atoms with Gasteiger partial charge in [0.2, 0.25) is 10.6 Å². The summed E-state index contributed by atoms with van der Waals surface area (Å²) in [6, 6.07) is 0. The van der Waals surface area contributed by atoms with Crippen molar-refractivity contribution in [2.45, 2.75) is 13.8 Å². The smallest absolute Gasteiger partial charge is 0.360 e. The number of esters is 2. The van der Waals surface area contributed by atoms with Crippen molar-refractivity contribution in [3.63, 3.8) is 0 Å². The van der Waals surface area contributed by atoms with E-state index in [1.54, 1.807) is 20.0 Å². The Morgan fingerprint density at radius 1 is 0.919 bits per heavy atom. The summed E-state index contributed by atoms with van der Waals surface area (Å²) in [7, 11) is 0. The predicted octanol–water partition coefficient (Wildman–Crippen LogP) is 2.20. The van der Waals surface area contributed by atoms with Gasteiger partial charge in [-0.2, -0.15) is 0 Å². The molecule has 0 unspecified atom stereocenters. The van der Waals surface area contributed by atoms with Gasteiger partial charge < -0.3 is 29.2 Å². The molecular formula is C22H29Cl2FN6O6. The third kappa shape index (κ3) is 10.7. The number of morpholine rings is 2. The van der Waals surface area contributed by atoms with Gasteiger partial charge >= 0.3 is 11.9 Å². The molecule has 0 amide bonds. The highest BCUT2D eigenvalue weighted by molar-refractivity contribution is 6.28. The maximum Gasteiger partial charge on any atom is 0.360 e. The van der Waals surface area contributed by atoms with E-state index >= 15 is 0 Å². The van der Waals surface area contributed by atoms with Crippen molar-refractivity contribution < 1.29 is 32.9 Å².